The van der Waals surface area contributed by atoms with Crippen molar-refractivity contribution in [2.45, 2.75) is 68.4 Å². The highest BCUT2D eigenvalue weighted by Gasteiger charge is 2.46. The molecule has 1 N–H and O–H groups in total. The van der Waals surface area contributed by atoms with E-state index in [2.05, 4.69) is 9.71 Å². The van der Waals surface area contributed by atoms with Crippen LogP contribution in [0.5, 0.6) is 5.88 Å². The number of halogens is 3. The van der Waals surface area contributed by atoms with E-state index in [9.17, 15) is 26.4 Å². The van der Waals surface area contributed by atoms with Crippen molar-refractivity contribution >= 4 is 16.1 Å². The van der Waals surface area contributed by atoms with Gasteiger partial charge in [0.05, 0.1) is 43.2 Å². The zero-order chi connectivity index (χ0) is 26.8. The van der Waals surface area contributed by atoms with Crippen LogP contribution in [0, 0.1) is 0 Å². The van der Waals surface area contributed by atoms with Gasteiger partial charge in [0.2, 0.25) is 15.9 Å². The van der Waals surface area contributed by atoms with Gasteiger partial charge in [-0.2, -0.15) is 13.2 Å². The first kappa shape index (κ1) is 27.9. The number of aromatic nitrogens is 1. The molecule has 2 fully saturated rings. The number of carbonyl (C=O) groups excluding carboxylic acids is 1. The van der Waals surface area contributed by atoms with Crippen LogP contribution >= 0.6 is 0 Å². The minimum absolute atomic E-state index is 0.0697. The average molecular weight is 552 g/mol. The van der Waals surface area contributed by atoms with Gasteiger partial charge in [0.1, 0.15) is 13.2 Å². The lowest BCUT2D eigenvalue weighted by atomic mass is 9.84. The standard InChI is InChI=1S/C23H32F3N3O7S/c1-33-12-16-11-19(28-37(2,31)32)20-13-36-17-5-3-14(4-6-17)18-9-15(23(24,25)26)10-21(27-18)34-7-8-35-22(30)29(16)20/h9-10,14,16-17,19-20,28H,3-8,11-13H2,1-2H3. The molecule has 4 bridgehead atoms. The van der Waals surface area contributed by atoms with Crippen molar-refractivity contribution in [3.8, 4) is 5.88 Å². The Labute approximate surface area is 213 Å². The van der Waals surface area contributed by atoms with Crippen LogP contribution in [0.15, 0.2) is 12.1 Å². The highest BCUT2D eigenvalue weighted by molar-refractivity contribution is 7.88. The van der Waals surface area contributed by atoms with E-state index in [1.807, 2.05) is 0 Å². The van der Waals surface area contributed by atoms with E-state index in [0.29, 0.717) is 37.8 Å². The summed E-state index contributed by atoms with van der Waals surface area (Å²) in [6, 6.07) is 0.219. The van der Waals surface area contributed by atoms with E-state index in [-0.39, 0.29) is 44.3 Å². The summed E-state index contributed by atoms with van der Waals surface area (Å²) in [7, 11) is -2.09. The van der Waals surface area contributed by atoms with E-state index < -0.39 is 46.0 Å². The molecule has 3 atom stereocenters. The summed E-state index contributed by atoms with van der Waals surface area (Å²) >= 11 is 0. The zero-order valence-electron chi connectivity index (χ0n) is 20.7. The lowest BCUT2D eigenvalue weighted by molar-refractivity contribution is -0.137. The van der Waals surface area contributed by atoms with Crippen LogP contribution in [0.25, 0.3) is 0 Å². The second-order valence-electron chi connectivity index (χ2n) is 9.70. The lowest BCUT2D eigenvalue weighted by Gasteiger charge is -2.34. The van der Waals surface area contributed by atoms with Crippen molar-refractivity contribution in [1.29, 1.82) is 0 Å². The van der Waals surface area contributed by atoms with Crippen molar-refractivity contribution in [2.75, 3.05) is 39.8 Å². The van der Waals surface area contributed by atoms with E-state index in [4.69, 9.17) is 18.9 Å². The minimum Gasteiger partial charge on any atom is -0.474 e. The predicted octanol–water partition coefficient (Wildman–Crippen LogP) is 2.68. The molecule has 1 aliphatic carbocycles. The van der Waals surface area contributed by atoms with Gasteiger partial charge in [0.25, 0.3) is 0 Å². The molecule has 0 spiro atoms. The molecular formula is C23H32F3N3O7S. The van der Waals surface area contributed by atoms with Gasteiger partial charge in [-0.25, -0.2) is 22.9 Å². The van der Waals surface area contributed by atoms with Crippen LogP contribution in [-0.4, -0.2) is 88.4 Å². The van der Waals surface area contributed by atoms with Crippen LogP contribution in [0.2, 0.25) is 0 Å². The number of carbonyl (C=O) groups is 1. The van der Waals surface area contributed by atoms with Crippen molar-refractivity contribution < 1.29 is 45.3 Å². The maximum absolute atomic E-state index is 13.5. The summed E-state index contributed by atoms with van der Waals surface area (Å²) in [6.45, 7) is -0.223. The van der Waals surface area contributed by atoms with Gasteiger partial charge in [-0.15, -0.1) is 0 Å². The van der Waals surface area contributed by atoms with Crippen molar-refractivity contribution in [2.24, 2.45) is 0 Å². The average Bonchev–Trinajstić information content (AvgIpc) is 3.14. The highest BCUT2D eigenvalue weighted by atomic mass is 32.2. The number of pyridine rings is 1. The first-order valence-corrected chi connectivity index (χ1v) is 14.1. The molecule has 14 heteroatoms. The molecule has 3 aliphatic heterocycles. The lowest BCUT2D eigenvalue weighted by Crippen LogP contribution is -2.51. The van der Waals surface area contributed by atoms with Gasteiger partial charge in [-0.05, 0) is 38.2 Å². The number of hydrogen-bond donors (Lipinski definition) is 1. The Morgan fingerprint density at radius 2 is 1.86 bits per heavy atom. The predicted molar refractivity (Wildman–Crippen MR) is 125 cm³/mol. The van der Waals surface area contributed by atoms with Gasteiger partial charge >= 0.3 is 12.3 Å². The molecule has 1 saturated carbocycles. The molecule has 1 amide bonds. The van der Waals surface area contributed by atoms with Crippen LogP contribution in [-0.2, 0) is 30.4 Å². The number of methoxy groups -OCH3 is 1. The van der Waals surface area contributed by atoms with Gasteiger partial charge in [-0.3, -0.25) is 4.90 Å². The van der Waals surface area contributed by atoms with Crippen molar-refractivity contribution in [3.63, 3.8) is 0 Å². The third kappa shape index (κ3) is 7.03. The number of ether oxygens (including phenoxy) is 4. The number of alkyl halides is 3. The fourth-order valence-corrected chi connectivity index (χ4v) is 6.14. The fraction of sp³-hybridized carbons (Fsp3) is 0.739. The molecule has 10 nitrogen and oxygen atoms in total. The van der Waals surface area contributed by atoms with E-state index >= 15 is 0 Å². The number of nitrogens with zero attached hydrogens (tertiary/aromatic N) is 2. The van der Waals surface area contributed by atoms with Gasteiger partial charge in [0, 0.05) is 30.8 Å². The number of hydrogen-bond acceptors (Lipinski definition) is 8. The molecule has 0 aromatic carbocycles. The minimum atomic E-state index is -4.55. The van der Waals surface area contributed by atoms with E-state index in [0.717, 1.165) is 18.4 Å². The molecule has 1 aromatic rings. The number of amides is 1. The number of fused-ring (bicyclic) bond motifs is 7. The first-order chi connectivity index (χ1) is 17.4. The number of sulfonamides is 1. The summed E-state index contributed by atoms with van der Waals surface area (Å²) in [5, 5.41) is 0. The maximum Gasteiger partial charge on any atom is 0.416 e. The molecule has 208 valence electrons. The van der Waals surface area contributed by atoms with Gasteiger partial charge in [-0.1, -0.05) is 0 Å². The molecule has 5 rings (SSSR count). The van der Waals surface area contributed by atoms with Gasteiger partial charge < -0.3 is 18.9 Å². The first-order valence-electron chi connectivity index (χ1n) is 12.2. The largest absolute Gasteiger partial charge is 0.474 e. The Kier molecular flexibility index (Phi) is 8.51. The molecule has 37 heavy (non-hydrogen) atoms. The summed E-state index contributed by atoms with van der Waals surface area (Å²) in [5.74, 6) is -0.357. The van der Waals surface area contributed by atoms with Crippen molar-refractivity contribution in [1.82, 2.24) is 14.6 Å². The number of nitrogens with one attached hydrogen (secondary N) is 1. The summed E-state index contributed by atoms with van der Waals surface area (Å²) in [6.07, 6.45) is -1.78. The zero-order valence-corrected chi connectivity index (χ0v) is 21.5. The molecular weight excluding hydrogens is 519 g/mol. The Morgan fingerprint density at radius 3 is 2.51 bits per heavy atom. The third-order valence-corrected chi connectivity index (χ3v) is 7.71. The molecule has 1 aromatic heterocycles. The normalized spacial score (nSPS) is 29.5. The smallest absolute Gasteiger partial charge is 0.416 e. The third-order valence-electron chi connectivity index (χ3n) is 6.98. The summed E-state index contributed by atoms with van der Waals surface area (Å²) in [4.78, 5) is 18.8. The van der Waals surface area contributed by atoms with Crippen LogP contribution < -0.4 is 9.46 Å². The number of rotatable bonds is 4. The SMILES string of the molecule is COCC1CC(NS(C)(=O)=O)C2COC3CCC(CC3)c3cc(C(F)(F)F)cc(n3)OCCOC(=O)N12. The van der Waals surface area contributed by atoms with E-state index in [1.54, 1.807) is 0 Å². The van der Waals surface area contributed by atoms with Crippen LogP contribution in [0.1, 0.15) is 49.3 Å². The van der Waals surface area contributed by atoms with Gasteiger partial charge in [0.15, 0.2) is 0 Å². The highest BCUT2D eigenvalue weighted by Crippen LogP contribution is 2.38. The monoisotopic (exact) mass is 551 g/mol. The fourth-order valence-electron chi connectivity index (χ4n) is 5.33. The Morgan fingerprint density at radius 1 is 1.16 bits per heavy atom. The second-order valence-corrected chi connectivity index (χ2v) is 11.5. The Balaban J connectivity index is 1.60. The van der Waals surface area contributed by atoms with Crippen LogP contribution in [0.3, 0.4) is 0 Å². The summed E-state index contributed by atoms with van der Waals surface area (Å²) < 4.78 is 89.4. The molecule has 4 heterocycles. The van der Waals surface area contributed by atoms with E-state index in [1.165, 1.54) is 12.0 Å². The molecule has 3 unspecified atom stereocenters. The molecule has 0 radical (unpaired) electrons. The Bertz CT molecular complexity index is 1060. The van der Waals surface area contributed by atoms with Crippen LogP contribution in [0.4, 0.5) is 18.0 Å². The Hall–Kier alpha value is -2.16. The topological polar surface area (TPSA) is 116 Å². The summed E-state index contributed by atoms with van der Waals surface area (Å²) in [5.41, 5.74) is -0.523. The molecule has 4 aliphatic rings. The second kappa shape index (κ2) is 11.3. The maximum atomic E-state index is 13.5. The molecule has 1 saturated heterocycles. The quantitative estimate of drug-likeness (QED) is 0.607. The van der Waals surface area contributed by atoms with Crippen molar-refractivity contribution in [3.05, 3.63) is 23.4 Å².